The van der Waals surface area contributed by atoms with Gasteiger partial charge in [0.15, 0.2) is 0 Å². The molecule has 114 valence electrons. The van der Waals surface area contributed by atoms with E-state index in [1.165, 1.54) is 0 Å². The second-order valence-electron chi connectivity index (χ2n) is 5.22. The molecule has 0 bridgehead atoms. The Bertz CT molecular complexity index is 438. The SMILES string of the molecule is CSc1ccc(C)c(C(=O)NC(CN)CC(C)C)c1.Cl. The topological polar surface area (TPSA) is 55.1 Å². The van der Waals surface area contributed by atoms with Gasteiger partial charge in [0.05, 0.1) is 0 Å². The van der Waals surface area contributed by atoms with Crippen molar-refractivity contribution in [1.82, 2.24) is 5.32 Å². The van der Waals surface area contributed by atoms with Crippen LogP contribution in [0, 0.1) is 12.8 Å². The van der Waals surface area contributed by atoms with Gasteiger partial charge in [-0.25, -0.2) is 0 Å². The Morgan fingerprint density at radius 2 is 2.05 bits per heavy atom. The maximum atomic E-state index is 12.3. The van der Waals surface area contributed by atoms with E-state index in [0.717, 1.165) is 22.4 Å². The fourth-order valence-electron chi connectivity index (χ4n) is 2.02. The lowest BCUT2D eigenvalue weighted by molar-refractivity contribution is 0.0933. The van der Waals surface area contributed by atoms with Crippen molar-refractivity contribution < 1.29 is 4.79 Å². The van der Waals surface area contributed by atoms with E-state index >= 15 is 0 Å². The molecule has 1 atom stereocenters. The first kappa shape index (κ1) is 19.3. The van der Waals surface area contributed by atoms with Crippen molar-refractivity contribution in [2.24, 2.45) is 11.7 Å². The molecule has 20 heavy (non-hydrogen) atoms. The normalized spacial score (nSPS) is 11.9. The number of rotatable bonds is 6. The molecule has 3 nitrogen and oxygen atoms in total. The van der Waals surface area contributed by atoms with Crippen LogP contribution in [0.15, 0.2) is 23.1 Å². The second-order valence-corrected chi connectivity index (χ2v) is 6.10. The number of hydrogen-bond donors (Lipinski definition) is 2. The molecule has 0 fully saturated rings. The number of carbonyl (C=O) groups is 1. The molecule has 0 aliphatic heterocycles. The highest BCUT2D eigenvalue weighted by atomic mass is 35.5. The van der Waals surface area contributed by atoms with Crippen LogP contribution in [0.3, 0.4) is 0 Å². The largest absolute Gasteiger partial charge is 0.348 e. The summed E-state index contributed by atoms with van der Waals surface area (Å²) in [5, 5.41) is 3.03. The number of nitrogens with one attached hydrogen (secondary N) is 1. The van der Waals surface area contributed by atoms with E-state index in [-0.39, 0.29) is 24.4 Å². The summed E-state index contributed by atoms with van der Waals surface area (Å²) in [6.07, 6.45) is 2.91. The highest BCUT2D eigenvalue weighted by Crippen LogP contribution is 2.19. The number of halogens is 1. The van der Waals surface area contributed by atoms with Crippen molar-refractivity contribution in [3.8, 4) is 0 Å². The van der Waals surface area contributed by atoms with Gasteiger partial charge in [-0.1, -0.05) is 19.9 Å². The zero-order chi connectivity index (χ0) is 14.4. The Kier molecular flexibility index (Phi) is 8.94. The van der Waals surface area contributed by atoms with E-state index in [4.69, 9.17) is 5.73 Å². The fourth-order valence-corrected chi connectivity index (χ4v) is 2.46. The van der Waals surface area contributed by atoms with Gasteiger partial charge < -0.3 is 11.1 Å². The van der Waals surface area contributed by atoms with E-state index in [1.807, 2.05) is 31.4 Å². The minimum absolute atomic E-state index is 0. The van der Waals surface area contributed by atoms with Crippen LogP contribution in [0.25, 0.3) is 0 Å². The highest BCUT2D eigenvalue weighted by molar-refractivity contribution is 7.98. The Balaban J connectivity index is 0.00000361. The minimum Gasteiger partial charge on any atom is -0.348 e. The van der Waals surface area contributed by atoms with Crippen molar-refractivity contribution in [3.63, 3.8) is 0 Å². The summed E-state index contributed by atoms with van der Waals surface area (Å²) in [7, 11) is 0. The lowest BCUT2D eigenvalue weighted by atomic mass is 10.0. The van der Waals surface area contributed by atoms with E-state index in [2.05, 4.69) is 19.2 Å². The minimum atomic E-state index is -0.0236. The Morgan fingerprint density at radius 1 is 1.40 bits per heavy atom. The maximum absolute atomic E-state index is 12.3. The van der Waals surface area contributed by atoms with Gasteiger partial charge in [0, 0.05) is 23.0 Å². The van der Waals surface area contributed by atoms with Gasteiger partial charge in [0.25, 0.3) is 5.91 Å². The number of carbonyl (C=O) groups excluding carboxylic acids is 1. The van der Waals surface area contributed by atoms with Gasteiger partial charge in [-0.2, -0.15) is 0 Å². The third-order valence-corrected chi connectivity index (χ3v) is 3.79. The highest BCUT2D eigenvalue weighted by Gasteiger charge is 2.15. The van der Waals surface area contributed by atoms with Crippen LogP contribution >= 0.6 is 24.2 Å². The first-order valence-electron chi connectivity index (χ1n) is 6.63. The zero-order valence-corrected chi connectivity index (χ0v) is 14.2. The summed E-state index contributed by atoms with van der Waals surface area (Å²) in [5.74, 6) is 0.497. The molecule has 0 saturated heterocycles. The summed E-state index contributed by atoms with van der Waals surface area (Å²) in [6.45, 7) is 6.70. The molecule has 0 saturated carbocycles. The van der Waals surface area contributed by atoms with Gasteiger partial charge in [0.1, 0.15) is 0 Å². The molecule has 1 unspecified atom stereocenters. The van der Waals surface area contributed by atoms with Crippen molar-refractivity contribution in [2.45, 2.75) is 38.1 Å². The Hall–Kier alpha value is -0.710. The van der Waals surface area contributed by atoms with Crippen LogP contribution in [-0.2, 0) is 0 Å². The molecule has 0 radical (unpaired) electrons. The van der Waals surface area contributed by atoms with E-state index < -0.39 is 0 Å². The van der Waals surface area contributed by atoms with Crippen molar-refractivity contribution >= 4 is 30.1 Å². The molecular weight excluding hydrogens is 292 g/mol. The quantitative estimate of drug-likeness (QED) is 0.792. The molecule has 3 N–H and O–H groups in total. The van der Waals surface area contributed by atoms with Crippen LogP contribution in [0.1, 0.15) is 36.2 Å². The fraction of sp³-hybridized carbons (Fsp3) is 0.533. The van der Waals surface area contributed by atoms with Crippen LogP contribution < -0.4 is 11.1 Å². The van der Waals surface area contributed by atoms with Gasteiger partial charge in [0.2, 0.25) is 0 Å². The van der Waals surface area contributed by atoms with Gasteiger partial charge in [-0.3, -0.25) is 4.79 Å². The van der Waals surface area contributed by atoms with Crippen LogP contribution in [-0.4, -0.2) is 24.7 Å². The Labute approximate surface area is 132 Å². The number of hydrogen-bond acceptors (Lipinski definition) is 3. The predicted molar refractivity (Wildman–Crippen MR) is 90.0 cm³/mol. The molecule has 0 aromatic heterocycles. The molecule has 0 aliphatic carbocycles. The van der Waals surface area contributed by atoms with Crippen molar-refractivity contribution in [1.29, 1.82) is 0 Å². The van der Waals surface area contributed by atoms with E-state index in [9.17, 15) is 4.79 Å². The molecule has 0 aliphatic rings. The third-order valence-electron chi connectivity index (χ3n) is 3.07. The molecule has 1 aromatic rings. The summed E-state index contributed by atoms with van der Waals surface area (Å²) in [4.78, 5) is 13.4. The lowest BCUT2D eigenvalue weighted by Crippen LogP contribution is -2.41. The Morgan fingerprint density at radius 3 is 2.55 bits per heavy atom. The predicted octanol–water partition coefficient (Wildman–Crippen LogP) is 3.24. The summed E-state index contributed by atoms with van der Waals surface area (Å²) in [6, 6.07) is 6.01. The summed E-state index contributed by atoms with van der Waals surface area (Å²) in [5.41, 5.74) is 7.46. The van der Waals surface area contributed by atoms with Gasteiger partial charge >= 0.3 is 0 Å². The zero-order valence-electron chi connectivity index (χ0n) is 12.6. The standard InChI is InChI=1S/C15H24N2OS.ClH/c1-10(2)7-12(9-16)17-15(18)14-8-13(19-4)6-5-11(14)3;/h5-6,8,10,12H,7,9,16H2,1-4H3,(H,17,18);1H. The average molecular weight is 317 g/mol. The first-order valence-corrected chi connectivity index (χ1v) is 7.86. The van der Waals surface area contributed by atoms with E-state index in [0.29, 0.717) is 12.5 Å². The number of aryl methyl sites for hydroxylation is 1. The van der Waals surface area contributed by atoms with E-state index in [1.54, 1.807) is 11.8 Å². The first-order chi connectivity index (χ1) is 8.97. The summed E-state index contributed by atoms with van der Waals surface area (Å²) >= 11 is 1.64. The molecule has 1 aromatic carbocycles. The van der Waals surface area contributed by atoms with Gasteiger partial charge in [-0.05, 0) is 43.2 Å². The third kappa shape index (κ3) is 5.73. The molecule has 1 amide bonds. The second kappa shape index (κ2) is 9.27. The molecule has 0 spiro atoms. The lowest BCUT2D eigenvalue weighted by Gasteiger charge is -2.19. The molecule has 0 heterocycles. The molecule has 1 rings (SSSR count). The molecule has 5 heteroatoms. The van der Waals surface area contributed by atoms with Crippen molar-refractivity contribution in [3.05, 3.63) is 29.3 Å². The van der Waals surface area contributed by atoms with Gasteiger partial charge in [-0.15, -0.1) is 24.2 Å². The average Bonchev–Trinajstić information content (AvgIpc) is 2.37. The summed E-state index contributed by atoms with van der Waals surface area (Å²) < 4.78 is 0. The van der Waals surface area contributed by atoms with Crippen LogP contribution in [0.4, 0.5) is 0 Å². The maximum Gasteiger partial charge on any atom is 0.251 e. The number of nitrogens with two attached hydrogens (primary N) is 1. The van der Waals surface area contributed by atoms with Crippen molar-refractivity contribution in [2.75, 3.05) is 12.8 Å². The number of amides is 1. The smallest absolute Gasteiger partial charge is 0.251 e. The number of thioether (sulfide) groups is 1. The van der Waals surface area contributed by atoms with Crippen LogP contribution in [0.5, 0.6) is 0 Å². The van der Waals surface area contributed by atoms with Crippen LogP contribution in [0.2, 0.25) is 0 Å². The monoisotopic (exact) mass is 316 g/mol. The number of benzene rings is 1. The molecular formula is C15H25ClN2OS.